The maximum atomic E-state index is 11.5. The Bertz CT molecular complexity index is 864. The van der Waals surface area contributed by atoms with Crippen LogP contribution < -0.4 is 20.7 Å². The number of aliphatic imine (C=N–C) groups is 1. The molecule has 3 rings (SSSR count). The average Bonchev–Trinajstić information content (AvgIpc) is 3.30. The van der Waals surface area contributed by atoms with Gasteiger partial charge in [-0.25, -0.2) is 0 Å². The van der Waals surface area contributed by atoms with Gasteiger partial charge in [0.05, 0.1) is 12.8 Å². The van der Waals surface area contributed by atoms with Crippen LogP contribution in [0.25, 0.3) is 0 Å². The molecule has 170 valence electrons. The molecule has 1 fully saturated rings. The van der Waals surface area contributed by atoms with Crippen molar-refractivity contribution in [3.8, 4) is 5.75 Å². The highest BCUT2D eigenvalue weighted by atomic mass is 127. The summed E-state index contributed by atoms with van der Waals surface area (Å²) in [5, 5.41) is 11.9. The standard InChI is InChI=1S/C23H32N4O2S.HI/c1-17(28)27-19-14-18(9-10-20(19)29-3)15-25-22(24-2)26-16-23(11-5-4-6-12-23)21-8-7-13-30-21;/h7-10,13-14H,4-6,11-12,15-16H2,1-3H3,(H,27,28)(H2,24,25,26);1H. The molecule has 6 nitrogen and oxygen atoms in total. The van der Waals surface area contributed by atoms with Crippen molar-refractivity contribution < 1.29 is 9.53 Å². The fraction of sp³-hybridized carbons (Fsp3) is 0.478. The van der Waals surface area contributed by atoms with Crippen molar-refractivity contribution in [2.75, 3.05) is 26.0 Å². The van der Waals surface area contributed by atoms with Crippen LogP contribution >= 0.6 is 35.3 Å². The van der Waals surface area contributed by atoms with E-state index in [2.05, 4.69) is 38.5 Å². The van der Waals surface area contributed by atoms with E-state index in [1.807, 2.05) is 29.5 Å². The van der Waals surface area contributed by atoms with Gasteiger partial charge in [0.2, 0.25) is 5.91 Å². The number of rotatable bonds is 7. The maximum absolute atomic E-state index is 11.5. The van der Waals surface area contributed by atoms with Gasteiger partial charge in [0, 0.05) is 37.4 Å². The van der Waals surface area contributed by atoms with E-state index in [0.29, 0.717) is 18.0 Å². The lowest BCUT2D eigenvalue weighted by Gasteiger charge is -2.37. The lowest BCUT2D eigenvalue weighted by molar-refractivity contribution is -0.114. The molecule has 0 atom stereocenters. The molecule has 1 amide bonds. The van der Waals surface area contributed by atoms with Gasteiger partial charge in [-0.05, 0) is 42.0 Å². The van der Waals surface area contributed by atoms with Crippen molar-refractivity contribution >= 4 is 52.9 Å². The molecule has 1 aromatic carbocycles. The smallest absolute Gasteiger partial charge is 0.221 e. The Morgan fingerprint density at radius 3 is 2.58 bits per heavy atom. The fourth-order valence-electron chi connectivity index (χ4n) is 4.13. The predicted molar refractivity (Wildman–Crippen MR) is 140 cm³/mol. The lowest BCUT2D eigenvalue weighted by Crippen LogP contribution is -2.46. The fourth-order valence-corrected chi connectivity index (χ4v) is 5.12. The van der Waals surface area contributed by atoms with Gasteiger partial charge in [-0.3, -0.25) is 9.79 Å². The minimum atomic E-state index is -0.123. The van der Waals surface area contributed by atoms with Gasteiger partial charge in [0.15, 0.2) is 5.96 Å². The van der Waals surface area contributed by atoms with Gasteiger partial charge in [-0.15, -0.1) is 35.3 Å². The summed E-state index contributed by atoms with van der Waals surface area (Å²) in [5.74, 6) is 1.31. The van der Waals surface area contributed by atoms with Crippen molar-refractivity contribution in [2.24, 2.45) is 4.99 Å². The SMILES string of the molecule is CN=C(NCc1ccc(OC)c(NC(C)=O)c1)NCC1(c2cccs2)CCCCC1.I. The molecule has 8 heteroatoms. The van der Waals surface area contributed by atoms with Crippen LogP contribution in [0.3, 0.4) is 0 Å². The number of anilines is 1. The van der Waals surface area contributed by atoms with E-state index in [1.165, 1.54) is 43.9 Å². The van der Waals surface area contributed by atoms with Crippen molar-refractivity contribution in [1.82, 2.24) is 10.6 Å². The van der Waals surface area contributed by atoms with Crippen LogP contribution in [0.4, 0.5) is 5.69 Å². The Hall–Kier alpha value is -1.81. The zero-order valence-corrected chi connectivity index (χ0v) is 21.6. The monoisotopic (exact) mass is 556 g/mol. The number of guanidine groups is 1. The van der Waals surface area contributed by atoms with Gasteiger partial charge in [-0.2, -0.15) is 0 Å². The number of hydrogen-bond acceptors (Lipinski definition) is 4. The number of halogens is 1. The first-order valence-corrected chi connectivity index (χ1v) is 11.4. The van der Waals surface area contributed by atoms with E-state index in [9.17, 15) is 4.79 Å². The minimum absolute atomic E-state index is 0. The van der Waals surface area contributed by atoms with E-state index < -0.39 is 0 Å². The molecule has 1 aliphatic rings. The molecule has 2 aromatic rings. The largest absolute Gasteiger partial charge is 0.495 e. The third-order valence-corrected chi connectivity index (χ3v) is 6.82. The van der Waals surface area contributed by atoms with E-state index in [1.54, 1.807) is 14.2 Å². The molecule has 0 bridgehead atoms. The number of thiophene rings is 1. The van der Waals surface area contributed by atoms with E-state index in [4.69, 9.17) is 4.74 Å². The number of carbonyl (C=O) groups excluding carboxylic acids is 1. The summed E-state index contributed by atoms with van der Waals surface area (Å²) in [5.41, 5.74) is 1.90. The number of benzene rings is 1. The van der Waals surface area contributed by atoms with Gasteiger partial charge in [0.25, 0.3) is 0 Å². The molecule has 0 saturated heterocycles. The lowest BCUT2D eigenvalue weighted by atomic mass is 9.73. The molecule has 1 aliphatic carbocycles. The van der Waals surface area contributed by atoms with Gasteiger partial charge >= 0.3 is 0 Å². The highest BCUT2D eigenvalue weighted by Crippen LogP contribution is 2.41. The molecule has 0 spiro atoms. The third kappa shape index (κ3) is 6.83. The molecule has 1 aromatic heterocycles. The first-order valence-electron chi connectivity index (χ1n) is 10.5. The summed E-state index contributed by atoms with van der Waals surface area (Å²) >= 11 is 1.86. The third-order valence-electron chi connectivity index (χ3n) is 5.71. The number of hydrogen-bond donors (Lipinski definition) is 3. The van der Waals surface area contributed by atoms with Crippen LogP contribution in [-0.2, 0) is 16.8 Å². The van der Waals surface area contributed by atoms with E-state index in [-0.39, 0.29) is 35.3 Å². The van der Waals surface area contributed by atoms with Crippen LogP contribution in [-0.4, -0.2) is 32.6 Å². The Labute approximate surface area is 206 Å². The first kappa shape index (κ1) is 25.5. The molecule has 0 aliphatic heterocycles. The molecule has 0 radical (unpaired) electrons. The van der Waals surface area contributed by atoms with Crippen LogP contribution in [0, 0.1) is 0 Å². The molecule has 3 N–H and O–H groups in total. The molecule has 31 heavy (non-hydrogen) atoms. The minimum Gasteiger partial charge on any atom is -0.495 e. The summed E-state index contributed by atoms with van der Waals surface area (Å²) in [4.78, 5) is 17.3. The van der Waals surface area contributed by atoms with Crippen LogP contribution in [0.1, 0.15) is 49.5 Å². The maximum Gasteiger partial charge on any atom is 0.221 e. The number of nitrogens with one attached hydrogen (secondary N) is 3. The van der Waals surface area contributed by atoms with Crippen molar-refractivity contribution in [3.63, 3.8) is 0 Å². The summed E-state index contributed by atoms with van der Waals surface area (Å²) < 4.78 is 5.33. The molecule has 1 heterocycles. The van der Waals surface area contributed by atoms with Gasteiger partial charge in [0.1, 0.15) is 5.75 Å². The highest BCUT2D eigenvalue weighted by Gasteiger charge is 2.34. The zero-order valence-electron chi connectivity index (χ0n) is 18.5. The van der Waals surface area contributed by atoms with Crippen LogP contribution in [0.5, 0.6) is 5.75 Å². The summed E-state index contributed by atoms with van der Waals surface area (Å²) in [6, 6.07) is 10.2. The normalized spacial score (nSPS) is 15.5. The summed E-state index contributed by atoms with van der Waals surface area (Å²) in [6.07, 6.45) is 6.33. The molecule has 1 saturated carbocycles. The van der Waals surface area contributed by atoms with Crippen molar-refractivity contribution in [3.05, 3.63) is 46.2 Å². The number of methoxy groups -OCH3 is 1. The van der Waals surface area contributed by atoms with E-state index in [0.717, 1.165) is 18.1 Å². The molecular weight excluding hydrogens is 523 g/mol. The predicted octanol–water partition coefficient (Wildman–Crippen LogP) is 4.90. The molecule has 0 unspecified atom stereocenters. The number of ether oxygens (including phenoxy) is 1. The number of amides is 1. The average molecular weight is 557 g/mol. The van der Waals surface area contributed by atoms with Gasteiger partial charge < -0.3 is 20.7 Å². The second kappa shape index (κ2) is 12.3. The Morgan fingerprint density at radius 1 is 1.19 bits per heavy atom. The van der Waals surface area contributed by atoms with Crippen molar-refractivity contribution in [1.29, 1.82) is 0 Å². The Morgan fingerprint density at radius 2 is 1.97 bits per heavy atom. The van der Waals surface area contributed by atoms with Crippen LogP contribution in [0.15, 0.2) is 40.7 Å². The second-order valence-corrected chi connectivity index (χ2v) is 8.76. The molecular formula is C23H33IN4O2S. The summed E-state index contributed by atoms with van der Waals surface area (Å²) in [7, 11) is 3.39. The summed E-state index contributed by atoms with van der Waals surface area (Å²) in [6.45, 7) is 2.97. The zero-order chi connectivity index (χ0) is 21.4. The Balaban J connectivity index is 0.00000341. The van der Waals surface area contributed by atoms with Crippen LogP contribution in [0.2, 0.25) is 0 Å². The number of carbonyl (C=O) groups is 1. The Kier molecular flexibility index (Phi) is 10.1. The van der Waals surface area contributed by atoms with E-state index >= 15 is 0 Å². The highest BCUT2D eigenvalue weighted by molar-refractivity contribution is 14.0. The first-order chi connectivity index (χ1) is 14.6. The second-order valence-electron chi connectivity index (χ2n) is 7.81. The van der Waals surface area contributed by atoms with Crippen molar-refractivity contribution in [2.45, 2.75) is 51.0 Å². The topological polar surface area (TPSA) is 74.8 Å². The van der Waals surface area contributed by atoms with Gasteiger partial charge in [-0.1, -0.05) is 31.4 Å². The number of nitrogens with zero attached hydrogens (tertiary/aromatic N) is 1. The quantitative estimate of drug-likeness (QED) is 0.258.